The molecule has 2 amide bonds. The second-order valence-corrected chi connectivity index (χ2v) is 5.15. The lowest BCUT2D eigenvalue weighted by Gasteiger charge is -2.29. The van der Waals surface area contributed by atoms with Gasteiger partial charge in [0.2, 0.25) is 5.91 Å². The summed E-state index contributed by atoms with van der Waals surface area (Å²) in [6.45, 7) is 0.859. The molecule has 0 radical (unpaired) electrons. The number of amides is 2. The summed E-state index contributed by atoms with van der Waals surface area (Å²) in [5.74, 6) is -0.277. The zero-order valence-electron chi connectivity index (χ0n) is 12.2. The Labute approximate surface area is 127 Å². The van der Waals surface area contributed by atoms with Crippen LogP contribution in [0.1, 0.15) is 10.4 Å². The number of para-hydroxylation sites is 1. The smallest absolute Gasteiger partial charge is 0.253 e. The first-order valence-electron chi connectivity index (χ1n) is 6.98. The third kappa shape index (κ3) is 2.89. The van der Waals surface area contributed by atoms with Gasteiger partial charge in [0.1, 0.15) is 12.1 Å². The van der Waals surface area contributed by atoms with Crippen LogP contribution in [0.15, 0.2) is 30.6 Å². The van der Waals surface area contributed by atoms with E-state index < -0.39 is 0 Å². The molecule has 1 N–H and O–H groups in total. The highest BCUT2D eigenvalue weighted by Crippen LogP contribution is 2.13. The predicted molar refractivity (Wildman–Crippen MR) is 79.2 cm³/mol. The first-order valence-corrected chi connectivity index (χ1v) is 6.98. The molecule has 2 heterocycles. The molecule has 1 unspecified atom stereocenters. The fraction of sp³-hybridized carbons (Fsp3) is 0.333. The summed E-state index contributed by atoms with van der Waals surface area (Å²) in [6.07, 6.45) is 2.95. The van der Waals surface area contributed by atoms with E-state index in [0.29, 0.717) is 29.7 Å². The Kier molecular flexibility index (Phi) is 3.97. The van der Waals surface area contributed by atoms with Crippen molar-refractivity contribution < 1.29 is 14.3 Å². The summed E-state index contributed by atoms with van der Waals surface area (Å²) in [7, 11) is 1.72. The van der Waals surface area contributed by atoms with Gasteiger partial charge in [-0.1, -0.05) is 6.07 Å². The molecule has 1 aliphatic heterocycles. The molecule has 0 bridgehead atoms. The zero-order chi connectivity index (χ0) is 15.5. The highest BCUT2D eigenvalue weighted by molar-refractivity contribution is 6.04. The highest BCUT2D eigenvalue weighted by atomic mass is 16.5. The van der Waals surface area contributed by atoms with Gasteiger partial charge in [0.25, 0.3) is 5.91 Å². The van der Waals surface area contributed by atoms with Gasteiger partial charge in [0.05, 0.1) is 17.2 Å². The van der Waals surface area contributed by atoms with Gasteiger partial charge in [0.15, 0.2) is 0 Å². The van der Waals surface area contributed by atoms with Crippen LogP contribution in [0.5, 0.6) is 0 Å². The average molecular weight is 300 g/mol. The first-order chi connectivity index (χ1) is 10.6. The number of nitrogens with one attached hydrogen (secondary N) is 1. The number of hydrogen-bond donors (Lipinski definition) is 1. The van der Waals surface area contributed by atoms with Crippen molar-refractivity contribution in [2.45, 2.75) is 6.10 Å². The van der Waals surface area contributed by atoms with Gasteiger partial charge in [0, 0.05) is 32.5 Å². The summed E-state index contributed by atoms with van der Waals surface area (Å²) in [4.78, 5) is 33.7. The number of benzene rings is 1. The van der Waals surface area contributed by atoms with E-state index in [1.54, 1.807) is 36.5 Å². The van der Waals surface area contributed by atoms with Gasteiger partial charge in [-0.15, -0.1) is 0 Å². The van der Waals surface area contributed by atoms with E-state index in [-0.39, 0.29) is 24.5 Å². The van der Waals surface area contributed by atoms with E-state index in [1.807, 2.05) is 6.07 Å². The summed E-state index contributed by atoms with van der Waals surface area (Å²) in [5, 5.41) is 2.83. The van der Waals surface area contributed by atoms with Gasteiger partial charge >= 0.3 is 0 Å². The van der Waals surface area contributed by atoms with E-state index in [2.05, 4.69) is 15.3 Å². The van der Waals surface area contributed by atoms with Crippen LogP contribution >= 0.6 is 0 Å². The van der Waals surface area contributed by atoms with Crippen molar-refractivity contribution in [1.29, 1.82) is 0 Å². The number of rotatable bonds is 3. The zero-order valence-corrected chi connectivity index (χ0v) is 12.2. The predicted octanol–water partition coefficient (Wildman–Crippen LogP) is 0.217. The van der Waals surface area contributed by atoms with Crippen LogP contribution in [0.25, 0.3) is 11.0 Å². The number of fused-ring (bicyclic) bond motifs is 1. The number of nitrogens with zero attached hydrogens (tertiary/aromatic N) is 3. The Morgan fingerprint density at radius 1 is 1.41 bits per heavy atom. The lowest BCUT2D eigenvalue weighted by molar-refractivity contribution is -0.146. The second-order valence-electron chi connectivity index (χ2n) is 5.15. The minimum absolute atomic E-state index is 0.0492. The topological polar surface area (TPSA) is 84.4 Å². The van der Waals surface area contributed by atoms with Crippen molar-refractivity contribution in [3.05, 3.63) is 36.2 Å². The Balaban J connectivity index is 1.68. The van der Waals surface area contributed by atoms with E-state index in [4.69, 9.17) is 4.74 Å². The molecule has 1 fully saturated rings. The maximum Gasteiger partial charge on any atom is 0.253 e. The Morgan fingerprint density at radius 2 is 2.23 bits per heavy atom. The standard InChI is InChI=1S/C15H16N4O3/c1-19-8-10(22-9-13(19)20)7-18-15(21)11-3-2-4-12-14(11)17-6-5-16-12/h2-6,10H,7-9H2,1H3,(H,18,21). The maximum atomic E-state index is 12.3. The highest BCUT2D eigenvalue weighted by Gasteiger charge is 2.24. The van der Waals surface area contributed by atoms with Crippen molar-refractivity contribution in [2.24, 2.45) is 0 Å². The molecular formula is C15H16N4O3. The SMILES string of the molecule is CN1CC(CNC(=O)c2cccc3nccnc23)OCC1=O. The monoisotopic (exact) mass is 300 g/mol. The summed E-state index contributed by atoms with van der Waals surface area (Å²) in [6, 6.07) is 5.29. The number of hydrogen-bond acceptors (Lipinski definition) is 5. The van der Waals surface area contributed by atoms with Crippen LogP contribution < -0.4 is 5.32 Å². The molecule has 1 aliphatic rings. The second kappa shape index (κ2) is 6.07. The molecule has 1 aromatic heterocycles. The van der Waals surface area contributed by atoms with Crippen LogP contribution in [0, 0.1) is 0 Å². The van der Waals surface area contributed by atoms with Gasteiger partial charge in [-0.2, -0.15) is 0 Å². The lowest BCUT2D eigenvalue weighted by atomic mass is 10.1. The summed E-state index contributed by atoms with van der Waals surface area (Å²) >= 11 is 0. The van der Waals surface area contributed by atoms with Crippen LogP contribution in [0.3, 0.4) is 0 Å². The Morgan fingerprint density at radius 3 is 3.05 bits per heavy atom. The maximum absolute atomic E-state index is 12.3. The quantitative estimate of drug-likeness (QED) is 0.876. The molecule has 7 nitrogen and oxygen atoms in total. The summed E-state index contributed by atoms with van der Waals surface area (Å²) < 4.78 is 5.40. The fourth-order valence-corrected chi connectivity index (χ4v) is 2.36. The minimum Gasteiger partial charge on any atom is -0.365 e. The minimum atomic E-state index is -0.228. The van der Waals surface area contributed by atoms with Crippen molar-refractivity contribution in [3.63, 3.8) is 0 Å². The molecule has 22 heavy (non-hydrogen) atoms. The summed E-state index contributed by atoms with van der Waals surface area (Å²) in [5.41, 5.74) is 1.72. The number of ether oxygens (including phenoxy) is 1. The lowest BCUT2D eigenvalue weighted by Crippen LogP contribution is -2.48. The van der Waals surface area contributed by atoms with Crippen LogP contribution in [0.2, 0.25) is 0 Å². The molecule has 0 spiro atoms. The number of morpholine rings is 1. The van der Waals surface area contributed by atoms with E-state index >= 15 is 0 Å². The molecule has 2 aromatic rings. The normalized spacial score (nSPS) is 18.5. The fourth-order valence-electron chi connectivity index (χ4n) is 2.36. The average Bonchev–Trinajstić information content (AvgIpc) is 2.55. The molecule has 0 saturated carbocycles. The van der Waals surface area contributed by atoms with E-state index in [1.165, 1.54) is 0 Å². The molecule has 1 saturated heterocycles. The number of aromatic nitrogens is 2. The molecular weight excluding hydrogens is 284 g/mol. The molecule has 7 heteroatoms. The van der Waals surface area contributed by atoms with E-state index in [9.17, 15) is 9.59 Å². The van der Waals surface area contributed by atoms with Crippen LogP contribution in [-0.4, -0.2) is 59.5 Å². The van der Waals surface area contributed by atoms with Gasteiger partial charge in [-0.25, -0.2) is 0 Å². The van der Waals surface area contributed by atoms with Crippen LogP contribution in [0.4, 0.5) is 0 Å². The number of likely N-dealkylation sites (N-methyl/N-ethyl adjacent to an activating group) is 1. The number of carbonyl (C=O) groups excluding carboxylic acids is 2. The van der Waals surface area contributed by atoms with Gasteiger partial charge in [-0.05, 0) is 12.1 Å². The molecule has 0 aliphatic carbocycles. The van der Waals surface area contributed by atoms with Crippen molar-refractivity contribution in [2.75, 3.05) is 26.7 Å². The van der Waals surface area contributed by atoms with Crippen molar-refractivity contribution in [1.82, 2.24) is 20.2 Å². The van der Waals surface area contributed by atoms with Crippen molar-refractivity contribution in [3.8, 4) is 0 Å². The van der Waals surface area contributed by atoms with Gasteiger partial charge in [-0.3, -0.25) is 19.6 Å². The third-order valence-corrected chi connectivity index (χ3v) is 3.58. The van der Waals surface area contributed by atoms with E-state index in [0.717, 1.165) is 0 Å². The Bertz CT molecular complexity index is 714. The third-order valence-electron chi connectivity index (χ3n) is 3.58. The number of carbonyl (C=O) groups is 2. The largest absolute Gasteiger partial charge is 0.365 e. The Hall–Kier alpha value is -2.54. The van der Waals surface area contributed by atoms with Crippen molar-refractivity contribution >= 4 is 22.8 Å². The van der Waals surface area contributed by atoms with Gasteiger partial charge < -0.3 is 15.0 Å². The molecule has 3 rings (SSSR count). The van der Waals surface area contributed by atoms with Crippen LogP contribution in [-0.2, 0) is 9.53 Å². The molecule has 114 valence electrons. The molecule has 1 aromatic carbocycles. The first kappa shape index (κ1) is 14.4. The molecule has 1 atom stereocenters.